The highest BCUT2D eigenvalue weighted by atomic mass is 32.2. The average Bonchev–Trinajstić information content (AvgIpc) is 2.83. The number of sulfonamides is 1. The second-order valence-electron chi connectivity index (χ2n) is 9.20. The minimum atomic E-state index is -4.02. The first-order valence-electron chi connectivity index (χ1n) is 12.3. The summed E-state index contributed by atoms with van der Waals surface area (Å²) < 4.78 is 29.2. The van der Waals surface area contributed by atoms with E-state index in [1.54, 1.807) is 12.1 Å². The maximum Gasteiger partial charge on any atom is 0.321 e. The van der Waals surface area contributed by atoms with Gasteiger partial charge in [-0.25, -0.2) is 8.42 Å². The van der Waals surface area contributed by atoms with Gasteiger partial charge in [-0.1, -0.05) is 107 Å². The lowest BCUT2D eigenvalue weighted by Gasteiger charge is -2.17. The number of hydrogen-bond acceptors (Lipinski definition) is 3. The van der Waals surface area contributed by atoms with Gasteiger partial charge in [0.1, 0.15) is 6.04 Å². The SMILES string of the molecule is CCCCCCCCCCC(NS(=O)(=O)c1ccc2ccc3cccc4ccc1c2c34)C(=O)O. The minimum Gasteiger partial charge on any atom is -0.480 e. The third kappa shape index (κ3) is 5.18. The van der Waals surface area contributed by atoms with Crippen LogP contribution in [0.4, 0.5) is 0 Å². The summed E-state index contributed by atoms with van der Waals surface area (Å²) in [5.74, 6) is -1.13. The number of unbranched alkanes of at least 4 members (excludes halogenated alkanes) is 7. The van der Waals surface area contributed by atoms with Crippen molar-refractivity contribution in [3.63, 3.8) is 0 Å². The number of aliphatic carboxylic acids is 1. The van der Waals surface area contributed by atoms with E-state index in [0.29, 0.717) is 11.8 Å². The molecule has 0 saturated carbocycles. The molecule has 0 aliphatic rings. The van der Waals surface area contributed by atoms with Crippen LogP contribution in [0.15, 0.2) is 59.5 Å². The number of benzene rings is 4. The zero-order valence-electron chi connectivity index (χ0n) is 19.7. The Hall–Kier alpha value is -2.70. The van der Waals surface area contributed by atoms with E-state index in [1.807, 2.05) is 42.5 Å². The molecule has 1 atom stereocenters. The van der Waals surface area contributed by atoms with E-state index in [2.05, 4.69) is 11.6 Å². The predicted molar refractivity (Wildman–Crippen MR) is 139 cm³/mol. The fraction of sp³-hybridized carbons (Fsp3) is 0.393. The molecule has 0 radical (unpaired) electrons. The Kier molecular flexibility index (Phi) is 7.69. The van der Waals surface area contributed by atoms with Crippen molar-refractivity contribution in [2.24, 2.45) is 0 Å². The van der Waals surface area contributed by atoms with Crippen molar-refractivity contribution in [3.05, 3.63) is 54.6 Å². The van der Waals surface area contributed by atoms with Gasteiger partial charge in [0.25, 0.3) is 0 Å². The van der Waals surface area contributed by atoms with Gasteiger partial charge < -0.3 is 5.11 Å². The highest BCUT2D eigenvalue weighted by molar-refractivity contribution is 7.89. The molecule has 0 bridgehead atoms. The lowest BCUT2D eigenvalue weighted by molar-refractivity contribution is -0.139. The zero-order valence-corrected chi connectivity index (χ0v) is 20.5. The van der Waals surface area contributed by atoms with Crippen molar-refractivity contribution < 1.29 is 18.3 Å². The lowest BCUT2D eigenvalue weighted by atomic mass is 9.94. The molecule has 180 valence electrons. The second-order valence-corrected chi connectivity index (χ2v) is 10.9. The summed E-state index contributed by atoms with van der Waals surface area (Å²) in [4.78, 5) is 12.0. The summed E-state index contributed by atoms with van der Waals surface area (Å²) in [6.45, 7) is 2.19. The lowest BCUT2D eigenvalue weighted by Crippen LogP contribution is -2.40. The van der Waals surface area contributed by atoms with Crippen LogP contribution in [0, 0.1) is 0 Å². The Morgan fingerprint density at radius 1 is 0.794 bits per heavy atom. The summed E-state index contributed by atoms with van der Waals surface area (Å²) in [7, 11) is -4.02. The third-order valence-electron chi connectivity index (χ3n) is 6.72. The molecule has 0 aliphatic heterocycles. The van der Waals surface area contributed by atoms with Crippen molar-refractivity contribution >= 4 is 48.3 Å². The monoisotopic (exact) mass is 479 g/mol. The molecule has 4 aromatic carbocycles. The molecule has 0 fully saturated rings. The van der Waals surface area contributed by atoms with Crippen LogP contribution < -0.4 is 4.72 Å². The quantitative estimate of drug-likeness (QED) is 0.162. The van der Waals surface area contributed by atoms with Crippen LogP contribution in [0.5, 0.6) is 0 Å². The maximum absolute atomic E-state index is 13.4. The van der Waals surface area contributed by atoms with E-state index >= 15 is 0 Å². The molecule has 0 amide bonds. The first kappa shape index (κ1) is 24.4. The molecule has 4 aromatic rings. The largest absolute Gasteiger partial charge is 0.480 e. The normalized spacial score (nSPS) is 13.2. The molecule has 0 saturated heterocycles. The Morgan fingerprint density at radius 2 is 1.35 bits per heavy atom. The van der Waals surface area contributed by atoms with Gasteiger partial charge in [-0.15, -0.1) is 0 Å². The third-order valence-corrected chi connectivity index (χ3v) is 8.25. The first-order chi connectivity index (χ1) is 16.4. The second kappa shape index (κ2) is 10.7. The summed E-state index contributed by atoms with van der Waals surface area (Å²) in [6.07, 6.45) is 9.00. The molecule has 0 heterocycles. The standard InChI is InChI=1S/C28H33NO4S/c1-2-3-4-5-6-7-8-9-13-24(28(30)31)29-34(32,33)25-19-17-22-15-14-20-11-10-12-21-16-18-23(25)27(22)26(20)21/h10-12,14-19,24,29H,2-9,13H2,1H3,(H,30,31). The fourth-order valence-corrected chi connectivity index (χ4v) is 6.34. The minimum absolute atomic E-state index is 0.125. The first-order valence-corrected chi connectivity index (χ1v) is 13.8. The number of rotatable bonds is 13. The average molecular weight is 480 g/mol. The van der Waals surface area contributed by atoms with Gasteiger partial charge in [-0.05, 0) is 39.4 Å². The van der Waals surface area contributed by atoms with Crippen molar-refractivity contribution in [1.82, 2.24) is 4.72 Å². The van der Waals surface area contributed by atoms with Crippen molar-refractivity contribution in [3.8, 4) is 0 Å². The highest BCUT2D eigenvalue weighted by Crippen LogP contribution is 2.37. The zero-order chi connectivity index (χ0) is 24.1. The number of hydrogen-bond donors (Lipinski definition) is 2. The highest BCUT2D eigenvalue weighted by Gasteiger charge is 2.27. The van der Waals surface area contributed by atoms with E-state index < -0.39 is 22.0 Å². The summed E-state index contributed by atoms with van der Waals surface area (Å²) in [5, 5.41) is 15.3. The van der Waals surface area contributed by atoms with Gasteiger partial charge in [0.2, 0.25) is 10.0 Å². The summed E-state index contributed by atoms with van der Waals surface area (Å²) >= 11 is 0. The van der Waals surface area contributed by atoms with Crippen LogP contribution in [-0.2, 0) is 14.8 Å². The topological polar surface area (TPSA) is 83.5 Å². The van der Waals surface area contributed by atoms with Gasteiger partial charge in [0.15, 0.2) is 0 Å². The smallest absolute Gasteiger partial charge is 0.321 e. The fourth-order valence-electron chi connectivity index (χ4n) is 4.91. The van der Waals surface area contributed by atoms with Crippen LogP contribution in [0.3, 0.4) is 0 Å². The van der Waals surface area contributed by atoms with Crippen LogP contribution in [0.1, 0.15) is 64.7 Å². The molecule has 34 heavy (non-hydrogen) atoms. The van der Waals surface area contributed by atoms with E-state index in [9.17, 15) is 18.3 Å². The maximum atomic E-state index is 13.4. The molecular formula is C28H33NO4S. The molecule has 1 unspecified atom stereocenters. The van der Waals surface area contributed by atoms with Crippen LogP contribution in [0.25, 0.3) is 32.3 Å². The van der Waals surface area contributed by atoms with Gasteiger partial charge >= 0.3 is 5.97 Å². The Balaban J connectivity index is 1.52. The predicted octanol–water partition coefficient (Wildman–Crippen LogP) is 6.85. The number of nitrogens with one attached hydrogen (secondary N) is 1. The molecule has 5 nitrogen and oxygen atoms in total. The van der Waals surface area contributed by atoms with E-state index in [1.165, 1.54) is 25.7 Å². The summed E-state index contributed by atoms with van der Waals surface area (Å²) in [5.41, 5.74) is 0. The summed E-state index contributed by atoms with van der Waals surface area (Å²) in [6, 6.07) is 16.1. The van der Waals surface area contributed by atoms with E-state index in [4.69, 9.17) is 0 Å². The molecule has 0 aliphatic carbocycles. The van der Waals surface area contributed by atoms with Crippen molar-refractivity contribution in [2.75, 3.05) is 0 Å². The molecule has 0 aromatic heterocycles. The molecule has 6 heteroatoms. The van der Waals surface area contributed by atoms with Crippen LogP contribution in [0.2, 0.25) is 0 Å². The Labute approximate surface area is 201 Å². The van der Waals surface area contributed by atoms with Crippen LogP contribution >= 0.6 is 0 Å². The van der Waals surface area contributed by atoms with E-state index in [0.717, 1.165) is 46.2 Å². The number of carboxylic acid groups (broad SMARTS) is 1. The Morgan fingerprint density at radius 3 is 2.00 bits per heavy atom. The van der Waals surface area contributed by atoms with E-state index in [-0.39, 0.29) is 11.3 Å². The molecular weight excluding hydrogens is 446 g/mol. The molecule has 0 spiro atoms. The van der Waals surface area contributed by atoms with Gasteiger partial charge in [0, 0.05) is 5.39 Å². The van der Waals surface area contributed by atoms with Gasteiger partial charge in [0.05, 0.1) is 4.90 Å². The van der Waals surface area contributed by atoms with Crippen molar-refractivity contribution in [2.45, 2.75) is 75.6 Å². The van der Waals surface area contributed by atoms with Crippen molar-refractivity contribution in [1.29, 1.82) is 0 Å². The van der Waals surface area contributed by atoms with Gasteiger partial charge in [-0.2, -0.15) is 4.72 Å². The molecule has 4 rings (SSSR count). The number of carboxylic acids is 1. The van der Waals surface area contributed by atoms with Crippen LogP contribution in [-0.4, -0.2) is 25.5 Å². The van der Waals surface area contributed by atoms with Gasteiger partial charge in [-0.3, -0.25) is 4.79 Å². The molecule has 2 N–H and O–H groups in total. The number of carbonyl (C=O) groups is 1. The Bertz CT molecular complexity index is 1360.